The SMILES string of the molecule is COc1ccc2cc(C3Oc4ccccc4N3N)ccc2c1. The van der Waals surface area contributed by atoms with Crippen molar-refractivity contribution in [1.29, 1.82) is 0 Å². The van der Waals surface area contributed by atoms with Crippen LogP contribution >= 0.6 is 0 Å². The van der Waals surface area contributed by atoms with E-state index in [9.17, 15) is 0 Å². The highest BCUT2D eigenvalue weighted by Crippen LogP contribution is 2.41. The lowest BCUT2D eigenvalue weighted by Gasteiger charge is -2.20. The summed E-state index contributed by atoms with van der Waals surface area (Å²) < 4.78 is 11.2. The van der Waals surface area contributed by atoms with E-state index in [0.29, 0.717) is 0 Å². The summed E-state index contributed by atoms with van der Waals surface area (Å²) in [5.41, 5.74) is 1.93. The molecule has 1 unspecified atom stereocenters. The fourth-order valence-electron chi connectivity index (χ4n) is 2.83. The summed E-state index contributed by atoms with van der Waals surface area (Å²) in [4.78, 5) is 0. The van der Waals surface area contributed by atoms with Gasteiger partial charge in [-0.1, -0.05) is 30.3 Å². The Morgan fingerprint density at radius 2 is 1.77 bits per heavy atom. The zero-order valence-electron chi connectivity index (χ0n) is 12.2. The summed E-state index contributed by atoms with van der Waals surface area (Å²) in [6.45, 7) is 0. The lowest BCUT2D eigenvalue weighted by Crippen LogP contribution is -2.33. The van der Waals surface area contributed by atoms with Gasteiger partial charge in [-0.25, -0.2) is 5.84 Å². The molecular formula is C18H16N2O2. The largest absolute Gasteiger partial charge is 0.497 e. The predicted molar refractivity (Wildman–Crippen MR) is 87.0 cm³/mol. The van der Waals surface area contributed by atoms with Crippen LogP contribution in [0, 0.1) is 0 Å². The number of fused-ring (bicyclic) bond motifs is 2. The molecule has 0 aromatic heterocycles. The van der Waals surface area contributed by atoms with Gasteiger partial charge in [-0.15, -0.1) is 0 Å². The molecule has 4 heteroatoms. The second kappa shape index (κ2) is 4.93. The number of para-hydroxylation sites is 2. The number of rotatable bonds is 2. The van der Waals surface area contributed by atoms with E-state index in [1.54, 1.807) is 12.1 Å². The first-order chi connectivity index (χ1) is 10.8. The Balaban J connectivity index is 1.73. The van der Waals surface area contributed by atoms with Gasteiger partial charge in [0.05, 0.1) is 12.8 Å². The van der Waals surface area contributed by atoms with E-state index in [-0.39, 0.29) is 6.23 Å². The van der Waals surface area contributed by atoms with Gasteiger partial charge in [0, 0.05) is 5.56 Å². The van der Waals surface area contributed by atoms with Crippen molar-refractivity contribution in [3.63, 3.8) is 0 Å². The molecule has 0 aliphatic carbocycles. The van der Waals surface area contributed by atoms with E-state index in [0.717, 1.165) is 33.5 Å². The highest BCUT2D eigenvalue weighted by molar-refractivity contribution is 5.84. The van der Waals surface area contributed by atoms with Gasteiger partial charge < -0.3 is 9.47 Å². The molecule has 3 aromatic rings. The third-order valence-corrected chi connectivity index (χ3v) is 3.99. The first-order valence-corrected chi connectivity index (χ1v) is 7.13. The van der Waals surface area contributed by atoms with Gasteiger partial charge in [0.15, 0.2) is 0 Å². The number of anilines is 1. The van der Waals surface area contributed by atoms with Crippen LogP contribution in [-0.2, 0) is 0 Å². The average Bonchev–Trinajstić information content (AvgIpc) is 2.91. The topological polar surface area (TPSA) is 47.7 Å². The number of hydrogen-bond donors (Lipinski definition) is 1. The third-order valence-electron chi connectivity index (χ3n) is 3.99. The second-order valence-corrected chi connectivity index (χ2v) is 5.32. The molecule has 0 saturated carbocycles. The lowest BCUT2D eigenvalue weighted by atomic mass is 10.1. The molecule has 2 N–H and O–H groups in total. The van der Waals surface area contributed by atoms with Crippen molar-refractivity contribution >= 4 is 16.5 Å². The molecule has 0 radical (unpaired) electrons. The Hall–Kier alpha value is -2.72. The Morgan fingerprint density at radius 3 is 2.59 bits per heavy atom. The smallest absolute Gasteiger partial charge is 0.211 e. The van der Waals surface area contributed by atoms with E-state index < -0.39 is 0 Å². The standard InChI is InChI=1S/C18H16N2O2/c1-21-15-9-8-12-10-14(7-6-13(12)11-15)18-20(19)16-4-2-3-5-17(16)22-18/h2-11,18H,19H2,1H3. The summed E-state index contributed by atoms with van der Waals surface area (Å²) in [7, 11) is 1.67. The first kappa shape index (κ1) is 13.0. The first-order valence-electron chi connectivity index (χ1n) is 7.13. The van der Waals surface area contributed by atoms with Crippen molar-refractivity contribution < 1.29 is 9.47 Å². The number of hydrogen-bond acceptors (Lipinski definition) is 4. The van der Waals surface area contributed by atoms with E-state index in [1.807, 2.05) is 48.5 Å². The average molecular weight is 292 g/mol. The van der Waals surface area contributed by atoms with Crippen LogP contribution in [-0.4, -0.2) is 7.11 Å². The number of hydrazine groups is 1. The number of nitrogens with zero attached hydrogens (tertiary/aromatic N) is 1. The van der Waals surface area contributed by atoms with Crippen molar-refractivity contribution in [3.05, 3.63) is 66.2 Å². The van der Waals surface area contributed by atoms with E-state index >= 15 is 0 Å². The molecule has 1 atom stereocenters. The Morgan fingerprint density at radius 1 is 1.00 bits per heavy atom. The van der Waals surface area contributed by atoms with Crippen LogP contribution in [0.1, 0.15) is 11.8 Å². The van der Waals surface area contributed by atoms with Crippen molar-refractivity contribution in [2.45, 2.75) is 6.23 Å². The molecule has 1 aliphatic rings. The highest BCUT2D eigenvalue weighted by atomic mass is 16.5. The summed E-state index contributed by atoms with van der Waals surface area (Å²) in [5.74, 6) is 7.86. The zero-order valence-corrected chi connectivity index (χ0v) is 12.2. The van der Waals surface area contributed by atoms with Gasteiger partial charge in [0.2, 0.25) is 6.23 Å². The minimum atomic E-state index is -0.302. The molecule has 0 bridgehead atoms. The molecule has 0 spiro atoms. The molecule has 1 heterocycles. The van der Waals surface area contributed by atoms with E-state index in [4.69, 9.17) is 15.3 Å². The molecule has 0 amide bonds. The number of methoxy groups -OCH3 is 1. The van der Waals surface area contributed by atoms with Crippen molar-refractivity contribution in [2.75, 3.05) is 12.1 Å². The number of ether oxygens (including phenoxy) is 2. The van der Waals surface area contributed by atoms with Crippen LogP contribution in [0.5, 0.6) is 11.5 Å². The van der Waals surface area contributed by atoms with Crippen molar-refractivity contribution in [1.82, 2.24) is 0 Å². The molecule has 110 valence electrons. The molecule has 22 heavy (non-hydrogen) atoms. The van der Waals surface area contributed by atoms with Gasteiger partial charge in [-0.2, -0.15) is 0 Å². The van der Waals surface area contributed by atoms with Gasteiger partial charge in [0.1, 0.15) is 11.5 Å². The second-order valence-electron chi connectivity index (χ2n) is 5.32. The van der Waals surface area contributed by atoms with Gasteiger partial charge >= 0.3 is 0 Å². The summed E-state index contributed by atoms with van der Waals surface area (Å²) in [5, 5.41) is 3.92. The minimum absolute atomic E-state index is 0.302. The van der Waals surface area contributed by atoms with E-state index in [1.165, 1.54) is 0 Å². The van der Waals surface area contributed by atoms with Gasteiger partial charge in [-0.3, -0.25) is 5.01 Å². The normalized spacial score (nSPS) is 16.5. The lowest BCUT2D eigenvalue weighted by molar-refractivity contribution is 0.229. The fraction of sp³-hybridized carbons (Fsp3) is 0.111. The molecule has 0 fully saturated rings. The quantitative estimate of drug-likeness (QED) is 0.733. The zero-order chi connectivity index (χ0) is 15.1. The maximum atomic E-state index is 6.20. The molecule has 1 aliphatic heterocycles. The molecule has 4 rings (SSSR count). The van der Waals surface area contributed by atoms with Crippen LogP contribution in [0.2, 0.25) is 0 Å². The molecule has 0 saturated heterocycles. The molecule has 3 aromatic carbocycles. The Bertz CT molecular complexity index is 847. The minimum Gasteiger partial charge on any atom is -0.497 e. The monoisotopic (exact) mass is 292 g/mol. The Labute approximate surface area is 128 Å². The maximum absolute atomic E-state index is 6.20. The van der Waals surface area contributed by atoms with Crippen LogP contribution in [0.25, 0.3) is 10.8 Å². The van der Waals surface area contributed by atoms with E-state index in [2.05, 4.69) is 12.1 Å². The van der Waals surface area contributed by atoms with Crippen LogP contribution in [0.15, 0.2) is 60.7 Å². The summed E-state index contributed by atoms with van der Waals surface area (Å²) in [6.07, 6.45) is -0.302. The predicted octanol–water partition coefficient (Wildman–Crippen LogP) is 3.62. The van der Waals surface area contributed by atoms with Gasteiger partial charge in [0.25, 0.3) is 0 Å². The van der Waals surface area contributed by atoms with Crippen molar-refractivity contribution in [2.24, 2.45) is 5.84 Å². The van der Waals surface area contributed by atoms with Crippen LogP contribution < -0.4 is 20.3 Å². The van der Waals surface area contributed by atoms with Crippen molar-refractivity contribution in [3.8, 4) is 11.5 Å². The maximum Gasteiger partial charge on any atom is 0.211 e. The summed E-state index contributed by atoms with van der Waals surface area (Å²) in [6, 6.07) is 20.0. The van der Waals surface area contributed by atoms with Crippen LogP contribution in [0.4, 0.5) is 5.69 Å². The van der Waals surface area contributed by atoms with Crippen LogP contribution in [0.3, 0.4) is 0 Å². The summed E-state index contributed by atoms with van der Waals surface area (Å²) >= 11 is 0. The number of nitrogens with two attached hydrogens (primary N) is 1. The molecular weight excluding hydrogens is 276 g/mol. The fourth-order valence-corrected chi connectivity index (χ4v) is 2.83. The Kier molecular flexibility index (Phi) is 2.91. The molecule has 4 nitrogen and oxygen atoms in total. The number of benzene rings is 3. The third kappa shape index (κ3) is 1.96. The highest BCUT2D eigenvalue weighted by Gasteiger charge is 2.29. The van der Waals surface area contributed by atoms with Gasteiger partial charge in [-0.05, 0) is 41.1 Å².